The Hall–Kier alpha value is -5.53. The molecule has 0 saturated carbocycles. The van der Waals surface area contributed by atoms with Crippen molar-refractivity contribution in [2.75, 3.05) is 0 Å². The second-order valence-electron chi connectivity index (χ2n) is 17.1. The lowest BCUT2D eigenvalue weighted by molar-refractivity contribution is 0.297. The number of aliphatic imine (C=N–C) groups is 1. The minimum absolute atomic E-state index is 0.144. The van der Waals surface area contributed by atoms with Crippen LogP contribution in [0.3, 0.4) is 0 Å². The minimum atomic E-state index is -0.144. The van der Waals surface area contributed by atoms with E-state index in [-0.39, 0.29) is 5.41 Å². The van der Waals surface area contributed by atoms with Crippen molar-refractivity contribution >= 4 is 16.9 Å². The van der Waals surface area contributed by atoms with Gasteiger partial charge in [0, 0.05) is 16.7 Å². The number of nitrogens with zero attached hydrogens (tertiary/aromatic N) is 1. The molecule has 6 atom stereocenters. The monoisotopic (exact) mass is 776 g/mol. The van der Waals surface area contributed by atoms with E-state index >= 15 is 0 Å². The van der Waals surface area contributed by atoms with Crippen LogP contribution >= 0.6 is 0 Å². The quantitative estimate of drug-likeness (QED) is 0.104. The van der Waals surface area contributed by atoms with Crippen molar-refractivity contribution in [2.24, 2.45) is 40.0 Å². The van der Waals surface area contributed by atoms with E-state index in [2.05, 4.69) is 174 Å². The first-order valence-corrected chi connectivity index (χ1v) is 21.9. The summed E-state index contributed by atoms with van der Waals surface area (Å²) >= 11 is 0. The second-order valence-corrected chi connectivity index (χ2v) is 17.1. The molecule has 0 amide bonds. The highest BCUT2D eigenvalue weighted by Gasteiger charge is 2.41. The molecule has 0 heterocycles. The molecule has 3 aromatic rings. The van der Waals surface area contributed by atoms with Crippen molar-refractivity contribution in [3.8, 4) is 11.1 Å². The summed E-state index contributed by atoms with van der Waals surface area (Å²) in [6.45, 7) is 25.3. The average molecular weight is 776 g/mol. The summed E-state index contributed by atoms with van der Waals surface area (Å²) in [6.07, 6.45) is 39.3. The Morgan fingerprint density at radius 3 is 2.08 bits per heavy atom. The van der Waals surface area contributed by atoms with Gasteiger partial charge >= 0.3 is 0 Å². The van der Waals surface area contributed by atoms with Crippen LogP contribution < -0.4 is 0 Å². The van der Waals surface area contributed by atoms with Crippen LogP contribution in [0.1, 0.15) is 88.0 Å². The van der Waals surface area contributed by atoms with Gasteiger partial charge in [-0.3, -0.25) is 4.99 Å². The standard InChI is InChI=1S/C49H53N.C9H12/c1-7-10-12-38(8-2)43-21-23-44(24-22-43)45-25-27-46(28-26-45)48(33-36(5)40-17-15-35(4)16-18-40)50-37(6)49-31-29-39(9-3)41-13-11-14-42(20-19-41)47(34-49)30-32-49;1-3-9-6-4-5-8(2)7-9/h7-10,12,15-28,30,32-33,39,41-42,47H,2-3,6,11,13-14,29,31,34H2,1,4-5H3;3-4,6-8H,1,5H2,2H3/b10-7-,36-33+,38-12+,50-48?;/t39?,41?,42?,47?,49-;/m0./s1. The zero-order chi connectivity index (χ0) is 41.8. The molecule has 0 N–H and O–H groups in total. The molecule has 1 heteroatoms. The van der Waals surface area contributed by atoms with Gasteiger partial charge in [-0.2, -0.15) is 0 Å². The van der Waals surface area contributed by atoms with Gasteiger partial charge < -0.3 is 0 Å². The molecule has 5 unspecified atom stereocenters. The van der Waals surface area contributed by atoms with Gasteiger partial charge in [-0.15, -0.1) is 6.58 Å². The van der Waals surface area contributed by atoms with E-state index in [9.17, 15) is 0 Å². The summed E-state index contributed by atoms with van der Waals surface area (Å²) in [5.74, 6) is 2.91. The van der Waals surface area contributed by atoms with Gasteiger partial charge in [0.25, 0.3) is 0 Å². The fourth-order valence-electron chi connectivity index (χ4n) is 9.13. The predicted molar refractivity (Wildman–Crippen MR) is 259 cm³/mol. The maximum Gasteiger partial charge on any atom is 0.0708 e. The number of fused-ring (bicyclic) bond motifs is 5. The fraction of sp³-hybridized carbons (Fsp3) is 0.293. The fourth-order valence-corrected chi connectivity index (χ4v) is 9.13. The van der Waals surface area contributed by atoms with E-state index in [1.54, 1.807) is 0 Å². The Morgan fingerprint density at radius 2 is 1.46 bits per heavy atom. The van der Waals surface area contributed by atoms with Crippen molar-refractivity contribution in [1.82, 2.24) is 0 Å². The molecular weight excluding hydrogens is 711 g/mol. The Bertz CT molecular complexity index is 2200. The first-order valence-electron chi connectivity index (χ1n) is 21.9. The Morgan fingerprint density at radius 1 is 0.797 bits per heavy atom. The highest BCUT2D eigenvalue weighted by Crippen LogP contribution is 2.51. The zero-order valence-corrected chi connectivity index (χ0v) is 36.1. The Kier molecular flexibility index (Phi) is 14.9. The van der Waals surface area contributed by atoms with E-state index in [4.69, 9.17) is 11.6 Å². The summed E-state index contributed by atoms with van der Waals surface area (Å²) < 4.78 is 0. The van der Waals surface area contributed by atoms with E-state index in [0.717, 1.165) is 47.4 Å². The molecule has 7 rings (SSSR count). The van der Waals surface area contributed by atoms with Crippen LogP contribution in [0, 0.1) is 41.9 Å². The highest BCUT2D eigenvalue weighted by atomic mass is 14.8. The molecular formula is C58H65N. The molecule has 4 aliphatic carbocycles. The van der Waals surface area contributed by atoms with Crippen LogP contribution in [0.15, 0.2) is 200 Å². The summed E-state index contributed by atoms with van der Waals surface area (Å²) in [6, 6.07) is 26.4. The first-order chi connectivity index (χ1) is 28.6. The second kappa shape index (κ2) is 20.4. The molecule has 4 bridgehead atoms. The number of rotatable bonds is 11. The normalized spacial score (nSPS) is 25.5. The van der Waals surface area contributed by atoms with Gasteiger partial charge in [-0.25, -0.2) is 0 Å². The number of benzene rings is 3. The van der Waals surface area contributed by atoms with Gasteiger partial charge in [0.2, 0.25) is 0 Å². The van der Waals surface area contributed by atoms with Crippen molar-refractivity contribution in [3.63, 3.8) is 0 Å². The molecule has 59 heavy (non-hydrogen) atoms. The SMILES string of the molecule is C=C/C(=C\C=C/C)c1ccc(-c2ccc(C(/C=C(\C)c3ccc(C)cc3)=NC(=C)[C@@]34C=CC(C3)C3C=CC(CCC3)C(C=C)CC4)cc2)cc1.C=CC1=CC(C)CC=C1. The highest BCUT2D eigenvalue weighted by molar-refractivity contribution is 6.12. The molecule has 4 aliphatic rings. The van der Waals surface area contributed by atoms with Gasteiger partial charge in [-0.05, 0) is 134 Å². The van der Waals surface area contributed by atoms with E-state index < -0.39 is 0 Å². The van der Waals surface area contributed by atoms with Gasteiger partial charge in [0.15, 0.2) is 0 Å². The van der Waals surface area contributed by atoms with Crippen molar-refractivity contribution in [2.45, 2.75) is 72.6 Å². The van der Waals surface area contributed by atoms with Crippen LogP contribution in [-0.4, -0.2) is 5.71 Å². The van der Waals surface area contributed by atoms with E-state index in [1.165, 1.54) is 59.1 Å². The maximum absolute atomic E-state index is 5.48. The van der Waals surface area contributed by atoms with Gasteiger partial charge in [0.05, 0.1) is 5.71 Å². The number of hydrogen-bond acceptors (Lipinski definition) is 1. The number of hydrogen-bond donors (Lipinski definition) is 0. The van der Waals surface area contributed by atoms with E-state index in [0.29, 0.717) is 29.6 Å². The van der Waals surface area contributed by atoms with Crippen molar-refractivity contribution in [3.05, 3.63) is 218 Å². The lowest BCUT2D eigenvalue weighted by Crippen LogP contribution is -2.24. The summed E-state index contributed by atoms with van der Waals surface area (Å²) in [7, 11) is 0. The summed E-state index contributed by atoms with van der Waals surface area (Å²) in [4.78, 5) is 5.48. The van der Waals surface area contributed by atoms with Gasteiger partial charge in [0.1, 0.15) is 0 Å². The summed E-state index contributed by atoms with van der Waals surface area (Å²) in [5.41, 5.74) is 12.4. The van der Waals surface area contributed by atoms with Crippen LogP contribution in [0.25, 0.3) is 22.3 Å². The molecule has 0 radical (unpaired) electrons. The van der Waals surface area contributed by atoms with Crippen LogP contribution in [0.5, 0.6) is 0 Å². The largest absolute Gasteiger partial charge is 0.253 e. The lowest BCUT2D eigenvalue weighted by Gasteiger charge is -2.33. The molecule has 0 fully saturated rings. The van der Waals surface area contributed by atoms with Crippen LogP contribution in [0.2, 0.25) is 0 Å². The third kappa shape index (κ3) is 11.0. The molecule has 1 nitrogen and oxygen atoms in total. The molecule has 302 valence electrons. The van der Waals surface area contributed by atoms with E-state index in [1.807, 2.05) is 31.2 Å². The average Bonchev–Trinajstić information content (AvgIpc) is 3.53. The zero-order valence-electron chi connectivity index (χ0n) is 36.1. The molecule has 3 aromatic carbocycles. The molecule has 0 spiro atoms. The molecule has 0 aliphatic heterocycles. The van der Waals surface area contributed by atoms with Crippen molar-refractivity contribution in [1.29, 1.82) is 0 Å². The maximum atomic E-state index is 5.48. The number of allylic oxidation sites excluding steroid dienone is 17. The predicted octanol–water partition coefficient (Wildman–Crippen LogP) is 16.0. The Labute approximate surface area is 356 Å². The minimum Gasteiger partial charge on any atom is -0.253 e. The lowest BCUT2D eigenvalue weighted by atomic mass is 9.72. The summed E-state index contributed by atoms with van der Waals surface area (Å²) in [5, 5.41) is 0. The molecule has 0 saturated heterocycles. The van der Waals surface area contributed by atoms with Crippen LogP contribution in [0.4, 0.5) is 0 Å². The van der Waals surface area contributed by atoms with Gasteiger partial charge in [-0.1, -0.05) is 190 Å². The van der Waals surface area contributed by atoms with Crippen molar-refractivity contribution < 1.29 is 0 Å². The number of aryl methyl sites for hydroxylation is 1. The smallest absolute Gasteiger partial charge is 0.0708 e. The molecule has 0 aromatic heterocycles. The van der Waals surface area contributed by atoms with Crippen LogP contribution in [-0.2, 0) is 0 Å². The first kappa shape index (κ1) is 43.1. The Balaban J connectivity index is 0.000000575. The third-order valence-corrected chi connectivity index (χ3v) is 12.9. The topological polar surface area (TPSA) is 12.4 Å². The third-order valence-electron chi connectivity index (χ3n) is 12.9.